The second-order valence-electron chi connectivity index (χ2n) is 3.83. The van der Waals surface area contributed by atoms with E-state index >= 15 is 0 Å². The van der Waals surface area contributed by atoms with Crippen LogP contribution < -0.4 is 10.6 Å². The minimum atomic E-state index is -2.03. The maximum atomic E-state index is 11.5. The molecule has 0 unspecified atom stereocenters. The van der Waals surface area contributed by atoms with Crippen LogP contribution in [0.3, 0.4) is 0 Å². The van der Waals surface area contributed by atoms with Crippen LogP contribution in [0.1, 0.15) is 19.8 Å². The molecule has 0 spiro atoms. The number of benzene rings is 1. The standard InChI is InChI=1S/C12H13Cl3N2O2/c1-2-4-10(18)16-8-5-3-6-9(7-8)17-11(19)12(13,14)15/h3,5-7H,2,4H2,1H3,(H,16,18)(H,17,19). The lowest BCUT2D eigenvalue weighted by Crippen LogP contribution is -2.26. The van der Waals surface area contributed by atoms with Crippen molar-refractivity contribution in [3.05, 3.63) is 24.3 Å². The molecule has 0 aliphatic rings. The molecule has 7 heteroatoms. The smallest absolute Gasteiger partial charge is 0.276 e. The van der Waals surface area contributed by atoms with E-state index < -0.39 is 9.70 Å². The van der Waals surface area contributed by atoms with Gasteiger partial charge in [0, 0.05) is 17.8 Å². The van der Waals surface area contributed by atoms with E-state index in [1.54, 1.807) is 24.3 Å². The van der Waals surface area contributed by atoms with Gasteiger partial charge in [-0.15, -0.1) is 0 Å². The zero-order valence-corrected chi connectivity index (χ0v) is 12.4. The van der Waals surface area contributed by atoms with Gasteiger partial charge in [-0.25, -0.2) is 0 Å². The van der Waals surface area contributed by atoms with Crippen molar-refractivity contribution >= 4 is 58.0 Å². The van der Waals surface area contributed by atoms with E-state index in [1.807, 2.05) is 6.92 Å². The number of carbonyl (C=O) groups is 2. The number of anilines is 2. The molecule has 19 heavy (non-hydrogen) atoms. The summed E-state index contributed by atoms with van der Waals surface area (Å²) >= 11 is 16.3. The van der Waals surface area contributed by atoms with E-state index in [9.17, 15) is 9.59 Å². The second-order valence-corrected chi connectivity index (χ2v) is 6.11. The highest BCUT2D eigenvalue weighted by molar-refractivity contribution is 6.76. The van der Waals surface area contributed by atoms with Crippen molar-refractivity contribution in [3.63, 3.8) is 0 Å². The van der Waals surface area contributed by atoms with Crippen LogP contribution in [0.5, 0.6) is 0 Å². The molecular formula is C12H13Cl3N2O2. The molecule has 0 aliphatic heterocycles. The molecule has 1 aromatic carbocycles. The maximum Gasteiger partial charge on any atom is 0.276 e. The number of hydrogen-bond donors (Lipinski definition) is 2. The summed E-state index contributed by atoms with van der Waals surface area (Å²) in [6.07, 6.45) is 1.19. The molecule has 1 rings (SSSR count). The highest BCUT2D eigenvalue weighted by Crippen LogP contribution is 2.28. The van der Waals surface area contributed by atoms with E-state index in [4.69, 9.17) is 34.8 Å². The fourth-order valence-electron chi connectivity index (χ4n) is 1.33. The lowest BCUT2D eigenvalue weighted by molar-refractivity contribution is -0.116. The SMILES string of the molecule is CCCC(=O)Nc1cccc(NC(=O)C(Cl)(Cl)Cl)c1. The number of alkyl halides is 3. The van der Waals surface area contributed by atoms with Gasteiger partial charge in [0.2, 0.25) is 5.91 Å². The lowest BCUT2D eigenvalue weighted by atomic mass is 10.2. The topological polar surface area (TPSA) is 58.2 Å². The molecule has 0 saturated carbocycles. The average molecular weight is 324 g/mol. The van der Waals surface area contributed by atoms with Gasteiger partial charge in [0.1, 0.15) is 0 Å². The van der Waals surface area contributed by atoms with E-state index in [0.29, 0.717) is 17.8 Å². The number of halogens is 3. The molecule has 0 bridgehead atoms. The third kappa shape index (κ3) is 5.68. The Kier molecular flexibility index (Phi) is 5.91. The average Bonchev–Trinajstić information content (AvgIpc) is 2.28. The number of carbonyl (C=O) groups excluding carboxylic acids is 2. The molecule has 0 heterocycles. The van der Waals surface area contributed by atoms with Crippen LogP contribution in [0.15, 0.2) is 24.3 Å². The molecule has 104 valence electrons. The van der Waals surface area contributed by atoms with Crippen molar-refractivity contribution in [2.75, 3.05) is 10.6 Å². The molecule has 0 radical (unpaired) electrons. The highest BCUT2D eigenvalue weighted by Gasteiger charge is 2.30. The third-order valence-electron chi connectivity index (χ3n) is 2.14. The molecule has 0 aromatic heterocycles. The third-order valence-corrected chi connectivity index (χ3v) is 2.65. The Morgan fingerprint density at radius 3 is 2.26 bits per heavy atom. The normalized spacial score (nSPS) is 10.9. The highest BCUT2D eigenvalue weighted by atomic mass is 35.6. The Morgan fingerprint density at radius 1 is 1.16 bits per heavy atom. The minimum Gasteiger partial charge on any atom is -0.326 e. The summed E-state index contributed by atoms with van der Waals surface area (Å²) in [6.45, 7) is 1.91. The molecule has 4 nitrogen and oxygen atoms in total. The Labute approximate surface area is 126 Å². The van der Waals surface area contributed by atoms with Crippen molar-refractivity contribution in [2.24, 2.45) is 0 Å². The lowest BCUT2D eigenvalue weighted by Gasteiger charge is -2.12. The zero-order valence-electron chi connectivity index (χ0n) is 10.2. The first-order valence-corrected chi connectivity index (χ1v) is 6.74. The molecule has 1 aromatic rings. The fraction of sp³-hybridized carbons (Fsp3) is 0.333. The summed E-state index contributed by atoms with van der Waals surface area (Å²) in [6, 6.07) is 6.60. The van der Waals surface area contributed by atoms with Gasteiger partial charge in [-0.05, 0) is 24.6 Å². The Bertz CT molecular complexity index is 472. The van der Waals surface area contributed by atoms with Crippen LogP contribution in [-0.2, 0) is 9.59 Å². The molecule has 0 fully saturated rings. The van der Waals surface area contributed by atoms with Crippen molar-refractivity contribution in [1.29, 1.82) is 0 Å². The van der Waals surface area contributed by atoms with Gasteiger partial charge < -0.3 is 10.6 Å². The summed E-state index contributed by atoms with van der Waals surface area (Å²) in [5.41, 5.74) is 1.01. The Hall–Kier alpha value is -0.970. The van der Waals surface area contributed by atoms with E-state index in [0.717, 1.165) is 6.42 Å². The second kappa shape index (κ2) is 6.98. The molecule has 2 amide bonds. The van der Waals surface area contributed by atoms with Gasteiger partial charge in [0.25, 0.3) is 9.70 Å². The monoisotopic (exact) mass is 322 g/mol. The van der Waals surface area contributed by atoms with Crippen LogP contribution >= 0.6 is 34.8 Å². The number of nitrogens with one attached hydrogen (secondary N) is 2. The van der Waals surface area contributed by atoms with Gasteiger partial charge in [0.05, 0.1) is 0 Å². The van der Waals surface area contributed by atoms with Crippen LogP contribution in [0.25, 0.3) is 0 Å². The quantitative estimate of drug-likeness (QED) is 0.829. The Morgan fingerprint density at radius 2 is 1.74 bits per heavy atom. The largest absolute Gasteiger partial charge is 0.326 e. The van der Waals surface area contributed by atoms with E-state index in [2.05, 4.69) is 10.6 Å². The van der Waals surface area contributed by atoms with Crippen molar-refractivity contribution < 1.29 is 9.59 Å². The fourth-order valence-corrected chi connectivity index (χ4v) is 1.47. The van der Waals surface area contributed by atoms with Crippen LogP contribution in [0, 0.1) is 0 Å². The molecule has 0 aliphatic carbocycles. The molecule has 0 atom stereocenters. The van der Waals surface area contributed by atoms with Gasteiger partial charge in [0.15, 0.2) is 0 Å². The predicted molar refractivity (Wildman–Crippen MR) is 78.9 cm³/mol. The van der Waals surface area contributed by atoms with Gasteiger partial charge in [-0.3, -0.25) is 9.59 Å². The molecular weight excluding hydrogens is 311 g/mol. The number of rotatable bonds is 4. The number of amides is 2. The van der Waals surface area contributed by atoms with Crippen molar-refractivity contribution in [2.45, 2.75) is 23.6 Å². The van der Waals surface area contributed by atoms with Crippen LogP contribution in [-0.4, -0.2) is 15.6 Å². The summed E-state index contributed by atoms with van der Waals surface area (Å²) in [4.78, 5) is 22.9. The first kappa shape index (κ1) is 16.1. The van der Waals surface area contributed by atoms with Crippen molar-refractivity contribution in [3.8, 4) is 0 Å². The summed E-state index contributed by atoms with van der Waals surface area (Å²) in [5.74, 6) is -0.845. The summed E-state index contributed by atoms with van der Waals surface area (Å²) < 4.78 is -2.03. The molecule has 0 saturated heterocycles. The molecule has 2 N–H and O–H groups in total. The summed E-state index contributed by atoms with van der Waals surface area (Å²) in [5, 5.41) is 5.15. The Balaban J connectivity index is 2.72. The van der Waals surface area contributed by atoms with Crippen molar-refractivity contribution in [1.82, 2.24) is 0 Å². The van der Waals surface area contributed by atoms with Crippen LogP contribution in [0.4, 0.5) is 11.4 Å². The van der Waals surface area contributed by atoms with Gasteiger partial charge in [-0.1, -0.05) is 47.8 Å². The van der Waals surface area contributed by atoms with Gasteiger partial charge in [-0.2, -0.15) is 0 Å². The number of hydrogen-bond acceptors (Lipinski definition) is 2. The maximum absolute atomic E-state index is 11.5. The van der Waals surface area contributed by atoms with Crippen LogP contribution in [0.2, 0.25) is 0 Å². The van der Waals surface area contributed by atoms with Gasteiger partial charge >= 0.3 is 0 Å². The predicted octanol–water partition coefficient (Wildman–Crippen LogP) is 3.73. The summed E-state index contributed by atoms with van der Waals surface area (Å²) in [7, 11) is 0. The first-order chi connectivity index (χ1) is 8.82. The van der Waals surface area contributed by atoms with E-state index in [1.165, 1.54) is 0 Å². The van der Waals surface area contributed by atoms with E-state index in [-0.39, 0.29) is 5.91 Å². The first-order valence-electron chi connectivity index (χ1n) is 5.61. The zero-order chi connectivity index (χ0) is 14.5. The minimum absolute atomic E-state index is 0.0904.